The van der Waals surface area contributed by atoms with E-state index in [9.17, 15) is 0 Å². The third-order valence-corrected chi connectivity index (χ3v) is 9.94. The van der Waals surface area contributed by atoms with Gasteiger partial charge in [0.2, 0.25) is 0 Å². The van der Waals surface area contributed by atoms with Gasteiger partial charge in [-0.1, -0.05) is 97.1 Å². The van der Waals surface area contributed by atoms with Crippen LogP contribution in [0.15, 0.2) is 152 Å². The van der Waals surface area contributed by atoms with Crippen LogP contribution in [-0.4, -0.2) is 24.5 Å². The average molecular weight is 624 g/mol. The molecule has 0 spiro atoms. The summed E-state index contributed by atoms with van der Waals surface area (Å²) in [7, 11) is 0. The first-order chi connectivity index (χ1) is 24.3. The lowest BCUT2D eigenvalue weighted by Crippen LogP contribution is -2.01. The number of aromatic nitrogens is 5. The Bertz CT molecular complexity index is 2990. The Hall–Kier alpha value is -6.72. The van der Waals surface area contributed by atoms with Crippen LogP contribution in [0, 0.1) is 0 Å². The molecule has 7 aromatic carbocycles. The van der Waals surface area contributed by atoms with E-state index >= 15 is 0 Å². The molecule has 0 bridgehead atoms. The molecule has 49 heavy (non-hydrogen) atoms. The molecule has 0 saturated carbocycles. The van der Waals surface area contributed by atoms with Gasteiger partial charge in [0.25, 0.3) is 0 Å². The predicted molar refractivity (Wildman–Crippen MR) is 202 cm³/mol. The van der Waals surface area contributed by atoms with Crippen LogP contribution in [0.2, 0.25) is 0 Å². The van der Waals surface area contributed by atoms with Crippen LogP contribution in [0.5, 0.6) is 0 Å². The first kappa shape index (κ1) is 26.4. The maximum Gasteiger partial charge on any atom is 0.160 e. The van der Waals surface area contributed by atoms with Crippen molar-refractivity contribution in [3.05, 3.63) is 152 Å². The van der Waals surface area contributed by atoms with Gasteiger partial charge in [0.1, 0.15) is 17.0 Å². The van der Waals surface area contributed by atoms with Gasteiger partial charge in [-0.3, -0.25) is 4.57 Å². The molecule has 11 aromatic rings. The number of para-hydroxylation sites is 1. The van der Waals surface area contributed by atoms with Crippen molar-refractivity contribution in [2.75, 3.05) is 0 Å². The zero-order chi connectivity index (χ0) is 32.1. The van der Waals surface area contributed by atoms with E-state index < -0.39 is 0 Å². The van der Waals surface area contributed by atoms with Gasteiger partial charge in [-0.15, -0.1) is 0 Å². The molecule has 11 rings (SSSR count). The van der Waals surface area contributed by atoms with Crippen molar-refractivity contribution in [1.82, 2.24) is 24.5 Å². The zero-order valence-corrected chi connectivity index (χ0v) is 26.2. The lowest BCUT2D eigenvalue weighted by Gasteiger charge is -2.15. The summed E-state index contributed by atoms with van der Waals surface area (Å²) in [5.41, 5.74) is 6.50. The summed E-state index contributed by atoms with van der Waals surface area (Å²) in [6.07, 6.45) is 1.84. The summed E-state index contributed by atoms with van der Waals surface area (Å²) in [4.78, 5) is 20.7. The number of benzene rings is 7. The predicted octanol–water partition coefficient (Wildman–Crippen LogP) is 10.9. The van der Waals surface area contributed by atoms with Crippen LogP contribution >= 0.6 is 0 Å². The quantitative estimate of drug-likeness (QED) is 0.184. The van der Waals surface area contributed by atoms with E-state index in [1.165, 1.54) is 32.3 Å². The molecule has 0 amide bonds. The molecule has 0 saturated heterocycles. The SMILES string of the molecule is c1ccc(-c2nc(-c3cc4ccc5cccc6ccc(c3)c4c56)c3ccc4ccc(-n5c6ccccc6c6cccnc65)nc4c3n2)cc1. The second-order valence-corrected chi connectivity index (χ2v) is 12.7. The van der Waals surface area contributed by atoms with E-state index in [0.29, 0.717) is 5.82 Å². The van der Waals surface area contributed by atoms with E-state index in [2.05, 4.69) is 126 Å². The fourth-order valence-electron chi connectivity index (χ4n) is 7.74. The molecule has 226 valence electrons. The van der Waals surface area contributed by atoms with Crippen LogP contribution in [0.3, 0.4) is 0 Å². The maximum absolute atomic E-state index is 5.36. The molecule has 0 unspecified atom stereocenters. The van der Waals surface area contributed by atoms with Gasteiger partial charge in [0, 0.05) is 38.9 Å². The molecule has 0 aliphatic rings. The van der Waals surface area contributed by atoms with E-state index in [0.717, 1.165) is 66.4 Å². The standard InChI is InChI=1S/C44H25N5/c1-2-8-29(9-3-1)43-47-40(32-24-30-17-15-26-10-6-11-27-16-18-31(25-32)39(30)38(26)27)35-21-19-28-20-22-37(46-41(28)42(35)48-43)49-36-14-5-4-12-33(36)34-13-7-23-45-44(34)49/h1-25H. The van der Waals surface area contributed by atoms with Crippen molar-refractivity contribution in [3.8, 4) is 28.5 Å². The van der Waals surface area contributed by atoms with Crippen molar-refractivity contribution in [3.63, 3.8) is 0 Å². The van der Waals surface area contributed by atoms with Crippen LogP contribution in [0.4, 0.5) is 0 Å². The summed E-state index contributed by atoms with van der Waals surface area (Å²) >= 11 is 0. The van der Waals surface area contributed by atoms with Gasteiger partial charge >= 0.3 is 0 Å². The van der Waals surface area contributed by atoms with Gasteiger partial charge < -0.3 is 0 Å². The summed E-state index contributed by atoms with van der Waals surface area (Å²) in [6, 6.07) is 51.3. The number of rotatable bonds is 3. The minimum atomic E-state index is 0.673. The highest BCUT2D eigenvalue weighted by atomic mass is 15.1. The van der Waals surface area contributed by atoms with Crippen molar-refractivity contribution in [2.24, 2.45) is 0 Å². The van der Waals surface area contributed by atoms with Gasteiger partial charge in [-0.2, -0.15) is 0 Å². The van der Waals surface area contributed by atoms with E-state index in [4.69, 9.17) is 19.9 Å². The molecular weight excluding hydrogens is 599 g/mol. The number of hydrogen-bond acceptors (Lipinski definition) is 4. The second-order valence-electron chi connectivity index (χ2n) is 12.7. The molecule has 4 heterocycles. The maximum atomic E-state index is 5.36. The van der Waals surface area contributed by atoms with E-state index in [-0.39, 0.29) is 0 Å². The Kier molecular flexibility index (Phi) is 5.32. The number of nitrogens with zero attached hydrogens (tertiary/aromatic N) is 5. The molecule has 0 aliphatic heterocycles. The second kappa shape index (κ2) is 9.89. The monoisotopic (exact) mass is 623 g/mol. The molecule has 0 atom stereocenters. The van der Waals surface area contributed by atoms with Gasteiger partial charge in [-0.05, 0) is 80.8 Å². The number of fused-ring (bicyclic) bond motifs is 6. The van der Waals surface area contributed by atoms with Crippen molar-refractivity contribution >= 4 is 76.1 Å². The highest BCUT2D eigenvalue weighted by molar-refractivity contribution is 6.24. The Balaban J connectivity index is 1.22. The summed E-state index contributed by atoms with van der Waals surface area (Å²) < 4.78 is 2.15. The van der Waals surface area contributed by atoms with Crippen molar-refractivity contribution in [1.29, 1.82) is 0 Å². The van der Waals surface area contributed by atoms with Crippen LogP contribution in [0.1, 0.15) is 0 Å². The molecule has 4 aromatic heterocycles. The average Bonchev–Trinajstić information content (AvgIpc) is 3.51. The summed E-state index contributed by atoms with van der Waals surface area (Å²) in [5.74, 6) is 1.47. The number of pyridine rings is 2. The highest BCUT2D eigenvalue weighted by Gasteiger charge is 2.19. The molecular formula is C44H25N5. The van der Waals surface area contributed by atoms with Crippen LogP contribution in [-0.2, 0) is 0 Å². The molecule has 5 heteroatoms. The Labute approximate surface area is 280 Å². The topological polar surface area (TPSA) is 56.5 Å². The van der Waals surface area contributed by atoms with Crippen molar-refractivity contribution in [2.45, 2.75) is 0 Å². The molecule has 0 N–H and O–H groups in total. The first-order valence-electron chi connectivity index (χ1n) is 16.5. The third kappa shape index (κ3) is 3.81. The fourth-order valence-corrected chi connectivity index (χ4v) is 7.74. The minimum Gasteiger partial charge on any atom is -0.278 e. The van der Waals surface area contributed by atoms with Crippen LogP contribution < -0.4 is 0 Å². The lowest BCUT2D eigenvalue weighted by molar-refractivity contribution is 1.07. The number of hydrogen-bond donors (Lipinski definition) is 0. The van der Waals surface area contributed by atoms with Crippen molar-refractivity contribution < 1.29 is 0 Å². The van der Waals surface area contributed by atoms with Gasteiger partial charge in [0.05, 0.1) is 16.7 Å². The molecule has 5 nitrogen and oxygen atoms in total. The molecule has 0 aliphatic carbocycles. The minimum absolute atomic E-state index is 0.673. The van der Waals surface area contributed by atoms with Crippen LogP contribution in [0.25, 0.3) is 105 Å². The first-order valence-corrected chi connectivity index (χ1v) is 16.5. The highest BCUT2D eigenvalue weighted by Crippen LogP contribution is 2.40. The normalized spacial score (nSPS) is 12.1. The third-order valence-electron chi connectivity index (χ3n) is 9.94. The molecule has 0 fully saturated rings. The summed E-state index contributed by atoms with van der Waals surface area (Å²) in [5, 5.41) is 11.7. The Morgan fingerprint density at radius 1 is 0.429 bits per heavy atom. The smallest absolute Gasteiger partial charge is 0.160 e. The Morgan fingerprint density at radius 3 is 1.96 bits per heavy atom. The lowest BCUT2D eigenvalue weighted by atomic mass is 9.91. The van der Waals surface area contributed by atoms with Gasteiger partial charge in [0.15, 0.2) is 5.82 Å². The largest absolute Gasteiger partial charge is 0.278 e. The zero-order valence-electron chi connectivity index (χ0n) is 26.2. The Morgan fingerprint density at radius 2 is 1.12 bits per heavy atom. The summed E-state index contributed by atoms with van der Waals surface area (Å²) in [6.45, 7) is 0. The van der Waals surface area contributed by atoms with E-state index in [1.54, 1.807) is 0 Å². The molecule has 0 radical (unpaired) electrons. The van der Waals surface area contributed by atoms with E-state index in [1.807, 2.05) is 30.5 Å². The van der Waals surface area contributed by atoms with Gasteiger partial charge in [-0.25, -0.2) is 19.9 Å². The fraction of sp³-hybridized carbons (Fsp3) is 0.